The van der Waals surface area contributed by atoms with Crippen molar-refractivity contribution >= 4 is 16.7 Å². The van der Waals surface area contributed by atoms with Crippen LogP contribution in [-0.4, -0.2) is 41.3 Å². The summed E-state index contributed by atoms with van der Waals surface area (Å²) in [6, 6.07) is 8.21. The molecule has 0 spiro atoms. The Hall–Kier alpha value is -1.55. The van der Waals surface area contributed by atoms with Gasteiger partial charge < -0.3 is 10.2 Å². The molecule has 0 saturated carbocycles. The second-order valence-electron chi connectivity index (χ2n) is 4.59. The van der Waals surface area contributed by atoms with Gasteiger partial charge in [0.1, 0.15) is 0 Å². The third kappa shape index (κ3) is 2.26. The minimum absolute atomic E-state index is 0.967. The van der Waals surface area contributed by atoms with Crippen molar-refractivity contribution in [2.75, 3.05) is 31.5 Å². The first-order valence-corrected chi connectivity index (χ1v) is 6.33. The minimum Gasteiger partial charge on any atom is -0.367 e. The number of fused-ring (bicyclic) bond motifs is 1. The van der Waals surface area contributed by atoms with Gasteiger partial charge in [0.25, 0.3) is 0 Å². The highest BCUT2D eigenvalue weighted by Crippen LogP contribution is 2.19. The number of H-pyrrole nitrogens is 1. The molecule has 4 nitrogen and oxygen atoms in total. The number of rotatable bonds is 4. The van der Waals surface area contributed by atoms with Crippen LogP contribution in [0.25, 0.3) is 10.9 Å². The molecule has 1 aliphatic heterocycles. The summed E-state index contributed by atoms with van der Waals surface area (Å²) >= 11 is 0. The Kier molecular flexibility index (Phi) is 2.96. The zero-order chi connectivity index (χ0) is 11.5. The highest BCUT2D eigenvalue weighted by molar-refractivity contribution is 5.89. The Morgan fingerprint density at radius 2 is 2.06 bits per heavy atom. The van der Waals surface area contributed by atoms with Crippen LogP contribution in [0.2, 0.25) is 0 Å². The van der Waals surface area contributed by atoms with Crippen LogP contribution in [0.4, 0.5) is 5.82 Å². The smallest absolute Gasteiger partial charge is 0.155 e. The number of hydrogen-bond donors (Lipinski definition) is 2. The molecule has 1 fully saturated rings. The molecule has 4 heteroatoms. The molecule has 90 valence electrons. The Balaban J connectivity index is 1.60. The van der Waals surface area contributed by atoms with Gasteiger partial charge in [0.05, 0.1) is 5.52 Å². The first kappa shape index (κ1) is 10.6. The van der Waals surface area contributed by atoms with Crippen LogP contribution in [0.5, 0.6) is 0 Å². The van der Waals surface area contributed by atoms with E-state index in [-0.39, 0.29) is 0 Å². The van der Waals surface area contributed by atoms with Crippen LogP contribution < -0.4 is 5.32 Å². The van der Waals surface area contributed by atoms with Gasteiger partial charge in [-0.15, -0.1) is 0 Å². The summed E-state index contributed by atoms with van der Waals surface area (Å²) in [5.74, 6) is 0.972. The first-order chi connectivity index (χ1) is 8.43. The predicted octanol–water partition coefficient (Wildman–Crippen LogP) is 2.07. The maximum atomic E-state index is 4.30. The Bertz CT molecular complexity index is 485. The average Bonchev–Trinajstić information content (AvgIpc) is 2.99. The summed E-state index contributed by atoms with van der Waals surface area (Å²) in [4.78, 5) is 2.50. The normalized spacial score (nSPS) is 16.7. The lowest BCUT2D eigenvalue weighted by atomic mass is 10.2. The SMILES string of the molecule is c1ccc2c(NCCN3CCCC3)n[nH]c2c1. The molecule has 1 aliphatic rings. The van der Waals surface area contributed by atoms with Crippen LogP contribution in [0, 0.1) is 0 Å². The van der Waals surface area contributed by atoms with Crippen molar-refractivity contribution in [2.45, 2.75) is 12.8 Å². The van der Waals surface area contributed by atoms with Gasteiger partial charge in [0.15, 0.2) is 5.82 Å². The number of anilines is 1. The van der Waals surface area contributed by atoms with Crippen molar-refractivity contribution in [3.05, 3.63) is 24.3 Å². The summed E-state index contributed by atoms with van der Waals surface area (Å²) < 4.78 is 0. The Labute approximate surface area is 101 Å². The largest absolute Gasteiger partial charge is 0.367 e. The van der Waals surface area contributed by atoms with Gasteiger partial charge >= 0.3 is 0 Å². The lowest BCUT2D eigenvalue weighted by molar-refractivity contribution is 0.352. The quantitative estimate of drug-likeness (QED) is 0.845. The van der Waals surface area contributed by atoms with E-state index in [1.165, 1.54) is 31.3 Å². The monoisotopic (exact) mass is 230 g/mol. The number of para-hydroxylation sites is 1. The van der Waals surface area contributed by atoms with Gasteiger partial charge in [-0.3, -0.25) is 5.10 Å². The third-order valence-electron chi connectivity index (χ3n) is 3.39. The van der Waals surface area contributed by atoms with Gasteiger partial charge in [-0.2, -0.15) is 5.10 Å². The molecule has 0 bridgehead atoms. The zero-order valence-electron chi connectivity index (χ0n) is 9.95. The van der Waals surface area contributed by atoms with Crippen molar-refractivity contribution in [1.29, 1.82) is 0 Å². The fourth-order valence-electron chi connectivity index (χ4n) is 2.44. The van der Waals surface area contributed by atoms with E-state index in [2.05, 4.69) is 26.5 Å². The van der Waals surface area contributed by atoms with Gasteiger partial charge in [-0.05, 0) is 38.1 Å². The summed E-state index contributed by atoms with van der Waals surface area (Å²) in [5, 5.41) is 11.9. The predicted molar refractivity (Wildman–Crippen MR) is 70.3 cm³/mol. The second kappa shape index (κ2) is 4.75. The van der Waals surface area contributed by atoms with E-state index in [4.69, 9.17) is 0 Å². The summed E-state index contributed by atoms with van der Waals surface area (Å²) in [6.07, 6.45) is 2.71. The van der Waals surface area contributed by atoms with Crippen molar-refractivity contribution in [2.24, 2.45) is 0 Å². The summed E-state index contributed by atoms with van der Waals surface area (Å²) in [7, 11) is 0. The van der Waals surface area contributed by atoms with Crippen LogP contribution in [0.1, 0.15) is 12.8 Å². The standard InChI is InChI=1S/C13H18N4/c1-2-6-12-11(5-1)13(16-15-12)14-7-10-17-8-3-4-9-17/h1-2,5-6H,3-4,7-10H2,(H2,14,15,16). The number of aromatic nitrogens is 2. The molecular formula is C13H18N4. The maximum Gasteiger partial charge on any atom is 0.155 e. The highest BCUT2D eigenvalue weighted by atomic mass is 15.2. The molecule has 3 rings (SSSR count). The van der Waals surface area contributed by atoms with E-state index in [1.54, 1.807) is 0 Å². The van der Waals surface area contributed by atoms with E-state index in [0.717, 1.165) is 24.4 Å². The van der Waals surface area contributed by atoms with E-state index < -0.39 is 0 Å². The molecule has 0 aliphatic carbocycles. The fourth-order valence-corrected chi connectivity index (χ4v) is 2.44. The van der Waals surface area contributed by atoms with Crippen molar-refractivity contribution in [1.82, 2.24) is 15.1 Å². The van der Waals surface area contributed by atoms with Crippen LogP contribution in [-0.2, 0) is 0 Å². The molecule has 0 unspecified atom stereocenters. The molecular weight excluding hydrogens is 212 g/mol. The van der Waals surface area contributed by atoms with Gasteiger partial charge in [-0.1, -0.05) is 12.1 Å². The molecule has 1 saturated heterocycles. The lowest BCUT2D eigenvalue weighted by Crippen LogP contribution is -2.26. The molecule has 0 radical (unpaired) electrons. The summed E-state index contributed by atoms with van der Waals surface area (Å²) in [6.45, 7) is 4.59. The fraction of sp³-hybridized carbons (Fsp3) is 0.462. The number of hydrogen-bond acceptors (Lipinski definition) is 3. The molecule has 1 aromatic carbocycles. The zero-order valence-corrected chi connectivity index (χ0v) is 9.95. The molecule has 1 aromatic heterocycles. The van der Waals surface area contributed by atoms with Gasteiger partial charge in [0, 0.05) is 18.5 Å². The highest BCUT2D eigenvalue weighted by Gasteiger charge is 2.11. The lowest BCUT2D eigenvalue weighted by Gasteiger charge is -2.14. The number of nitrogens with zero attached hydrogens (tertiary/aromatic N) is 2. The van der Waals surface area contributed by atoms with Gasteiger partial charge in [-0.25, -0.2) is 0 Å². The molecule has 2 aromatic rings. The van der Waals surface area contributed by atoms with Crippen molar-refractivity contribution < 1.29 is 0 Å². The minimum atomic E-state index is 0.967. The summed E-state index contributed by atoms with van der Waals surface area (Å²) in [5.41, 5.74) is 1.09. The second-order valence-corrected chi connectivity index (χ2v) is 4.59. The number of benzene rings is 1. The Morgan fingerprint density at radius 1 is 1.24 bits per heavy atom. The van der Waals surface area contributed by atoms with Crippen molar-refractivity contribution in [3.8, 4) is 0 Å². The van der Waals surface area contributed by atoms with E-state index in [9.17, 15) is 0 Å². The van der Waals surface area contributed by atoms with Crippen LogP contribution in [0.15, 0.2) is 24.3 Å². The first-order valence-electron chi connectivity index (χ1n) is 6.33. The molecule has 2 heterocycles. The molecule has 0 atom stereocenters. The Morgan fingerprint density at radius 3 is 2.94 bits per heavy atom. The topological polar surface area (TPSA) is 44.0 Å². The van der Waals surface area contributed by atoms with Crippen LogP contribution in [0.3, 0.4) is 0 Å². The number of nitrogens with one attached hydrogen (secondary N) is 2. The van der Waals surface area contributed by atoms with E-state index in [0.29, 0.717) is 0 Å². The molecule has 0 amide bonds. The maximum absolute atomic E-state index is 4.30. The van der Waals surface area contributed by atoms with E-state index >= 15 is 0 Å². The third-order valence-corrected chi connectivity index (χ3v) is 3.39. The average molecular weight is 230 g/mol. The number of aromatic amines is 1. The number of likely N-dealkylation sites (tertiary alicyclic amines) is 1. The van der Waals surface area contributed by atoms with Crippen molar-refractivity contribution in [3.63, 3.8) is 0 Å². The molecule has 2 N–H and O–H groups in total. The molecule has 17 heavy (non-hydrogen) atoms. The van der Waals surface area contributed by atoms with E-state index in [1.807, 2.05) is 18.2 Å². The van der Waals surface area contributed by atoms with Gasteiger partial charge in [0.2, 0.25) is 0 Å². The van der Waals surface area contributed by atoms with Crippen LogP contribution >= 0.6 is 0 Å².